The topological polar surface area (TPSA) is 46.3 Å². The standard InChI is InChI=1S/C12H15ClN2O/c13-9-5-1-2-7-11(9)15-8-4-3-6-10(14)12(15)16/h1-2,5,7,10H,3-4,6,8,14H2/t10-/m0/s1. The monoisotopic (exact) mass is 238 g/mol. The number of benzene rings is 1. The van der Waals surface area contributed by atoms with Crippen molar-refractivity contribution in [3.63, 3.8) is 0 Å². The Morgan fingerprint density at radius 2 is 2.06 bits per heavy atom. The SMILES string of the molecule is N[C@H]1CCCCN(c2ccccc2Cl)C1=O. The summed E-state index contributed by atoms with van der Waals surface area (Å²) in [4.78, 5) is 13.7. The molecule has 0 saturated carbocycles. The molecule has 1 fully saturated rings. The van der Waals surface area contributed by atoms with Gasteiger partial charge in [-0.15, -0.1) is 0 Å². The van der Waals surface area contributed by atoms with Crippen LogP contribution in [-0.4, -0.2) is 18.5 Å². The first-order chi connectivity index (χ1) is 7.70. The van der Waals surface area contributed by atoms with E-state index >= 15 is 0 Å². The molecule has 1 aromatic carbocycles. The van der Waals surface area contributed by atoms with Crippen LogP contribution < -0.4 is 10.6 Å². The Morgan fingerprint density at radius 1 is 1.31 bits per heavy atom. The Labute approximate surface area is 100 Å². The second kappa shape index (κ2) is 4.85. The van der Waals surface area contributed by atoms with Gasteiger partial charge in [0.25, 0.3) is 0 Å². The molecule has 1 atom stereocenters. The summed E-state index contributed by atoms with van der Waals surface area (Å²) in [6.07, 6.45) is 2.73. The van der Waals surface area contributed by atoms with Crippen molar-refractivity contribution in [1.82, 2.24) is 0 Å². The smallest absolute Gasteiger partial charge is 0.243 e. The third-order valence-corrected chi connectivity index (χ3v) is 3.19. The lowest BCUT2D eigenvalue weighted by atomic mass is 10.1. The minimum Gasteiger partial charge on any atom is -0.320 e. The third-order valence-electron chi connectivity index (χ3n) is 2.87. The Bertz CT molecular complexity index is 394. The molecule has 1 amide bonds. The molecule has 3 nitrogen and oxygen atoms in total. The van der Waals surface area contributed by atoms with E-state index in [4.69, 9.17) is 17.3 Å². The number of para-hydroxylation sites is 1. The number of hydrogen-bond acceptors (Lipinski definition) is 2. The molecule has 0 radical (unpaired) electrons. The second-order valence-corrected chi connectivity index (χ2v) is 4.45. The highest BCUT2D eigenvalue weighted by atomic mass is 35.5. The fraction of sp³-hybridized carbons (Fsp3) is 0.417. The predicted octanol–water partition coefficient (Wildman–Crippen LogP) is 2.18. The Hall–Kier alpha value is -1.06. The molecule has 1 aliphatic rings. The predicted molar refractivity (Wildman–Crippen MR) is 65.6 cm³/mol. The van der Waals surface area contributed by atoms with Crippen molar-refractivity contribution in [2.24, 2.45) is 5.73 Å². The maximum atomic E-state index is 12.0. The zero-order valence-corrected chi connectivity index (χ0v) is 9.78. The maximum absolute atomic E-state index is 12.0. The van der Waals surface area contributed by atoms with Gasteiger partial charge >= 0.3 is 0 Å². The van der Waals surface area contributed by atoms with E-state index in [9.17, 15) is 4.79 Å². The highest BCUT2D eigenvalue weighted by molar-refractivity contribution is 6.33. The van der Waals surface area contributed by atoms with Crippen LogP contribution in [0.5, 0.6) is 0 Å². The number of carbonyl (C=O) groups excluding carboxylic acids is 1. The molecular formula is C12H15ClN2O. The average Bonchev–Trinajstić information content (AvgIpc) is 2.44. The van der Waals surface area contributed by atoms with Crippen LogP contribution in [0, 0.1) is 0 Å². The molecule has 1 aromatic rings. The fourth-order valence-corrected chi connectivity index (χ4v) is 2.22. The molecule has 0 bridgehead atoms. The molecule has 16 heavy (non-hydrogen) atoms. The molecule has 2 rings (SSSR count). The number of nitrogens with two attached hydrogens (primary N) is 1. The Kier molecular flexibility index (Phi) is 3.46. The van der Waals surface area contributed by atoms with Gasteiger partial charge in [-0.2, -0.15) is 0 Å². The number of halogens is 1. The van der Waals surface area contributed by atoms with Gasteiger partial charge in [0.15, 0.2) is 0 Å². The van der Waals surface area contributed by atoms with E-state index in [-0.39, 0.29) is 5.91 Å². The summed E-state index contributed by atoms with van der Waals surface area (Å²) in [7, 11) is 0. The fourth-order valence-electron chi connectivity index (χ4n) is 1.98. The number of rotatable bonds is 1. The van der Waals surface area contributed by atoms with E-state index < -0.39 is 6.04 Å². The molecule has 4 heteroatoms. The number of hydrogen-bond donors (Lipinski definition) is 1. The van der Waals surface area contributed by atoms with Crippen molar-refractivity contribution in [3.8, 4) is 0 Å². The molecule has 86 valence electrons. The van der Waals surface area contributed by atoms with Crippen molar-refractivity contribution >= 4 is 23.2 Å². The lowest BCUT2D eigenvalue weighted by Gasteiger charge is -2.23. The highest BCUT2D eigenvalue weighted by Crippen LogP contribution is 2.27. The third kappa shape index (κ3) is 2.20. The van der Waals surface area contributed by atoms with Crippen LogP contribution in [-0.2, 0) is 4.79 Å². The summed E-state index contributed by atoms with van der Waals surface area (Å²) in [6.45, 7) is 0.705. The van der Waals surface area contributed by atoms with Crippen LogP contribution >= 0.6 is 11.6 Å². The zero-order valence-electron chi connectivity index (χ0n) is 9.03. The van der Waals surface area contributed by atoms with Gasteiger partial charge < -0.3 is 10.6 Å². The van der Waals surface area contributed by atoms with Gasteiger partial charge in [-0.25, -0.2) is 0 Å². The van der Waals surface area contributed by atoms with Crippen LogP contribution in [0.4, 0.5) is 5.69 Å². The van der Waals surface area contributed by atoms with Crippen LogP contribution in [0.3, 0.4) is 0 Å². The Morgan fingerprint density at radius 3 is 2.81 bits per heavy atom. The van der Waals surface area contributed by atoms with E-state index in [1.165, 1.54) is 0 Å². The van der Waals surface area contributed by atoms with E-state index in [1.54, 1.807) is 11.0 Å². The molecule has 0 aromatic heterocycles. The van der Waals surface area contributed by atoms with Crippen molar-refractivity contribution < 1.29 is 4.79 Å². The van der Waals surface area contributed by atoms with Crippen LogP contribution in [0.15, 0.2) is 24.3 Å². The van der Waals surface area contributed by atoms with Crippen LogP contribution in [0.2, 0.25) is 5.02 Å². The molecule has 2 N–H and O–H groups in total. The van der Waals surface area contributed by atoms with Crippen LogP contribution in [0.25, 0.3) is 0 Å². The van der Waals surface area contributed by atoms with Crippen molar-refractivity contribution in [3.05, 3.63) is 29.3 Å². The quantitative estimate of drug-likeness (QED) is 0.815. The lowest BCUT2D eigenvalue weighted by Crippen LogP contribution is -2.42. The molecule has 1 aliphatic heterocycles. The van der Waals surface area contributed by atoms with Gasteiger partial charge in [0.1, 0.15) is 0 Å². The van der Waals surface area contributed by atoms with Crippen molar-refractivity contribution in [1.29, 1.82) is 0 Å². The molecular weight excluding hydrogens is 224 g/mol. The largest absolute Gasteiger partial charge is 0.320 e. The van der Waals surface area contributed by atoms with Crippen molar-refractivity contribution in [2.45, 2.75) is 25.3 Å². The summed E-state index contributed by atoms with van der Waals surface area (Å²) in [5.74, 6) is -0.0226. The van der Waals surface area contributed by atoms with Crippen molar-refractivity contribution in [2.75, 3.05) is 11.4 Å². The van der Waals surface area contributed by atoms with E-state index in [1.807, 2.05) is 18.2 Å². The minimum atomic E-state index is -0.390. The summed E-state index contributed by atoms with van der Waals surface area (Å²) >= 11 is 6.09. The molecule has 0 unspecified atom stereocenters. The van der Waals surface area contributed by atoms with Gasteiger partial charge in [0, 0.05) is 6.54 Å². The van der Waals surface area contributed by atoms with Gasteiger partial charge in [0.05, 0.1) is 16.8 Å². The molecule has 1 heterocycles. The lowest BCUT2D eigenvalue weighted by molar-refractivity contribution is -0.119. The van der Waals surface area contributed by atoms with Gasteiger partial charge in [-0.1, -0.05) is 23.7 Å². The molecule has 1 saturated heterocycles. The first-order valence-electron chi connectivity index (χ1n) is 5.51. The average molecular weight is 239 g/mol. The highest BCUT2D eigenvalue weighted by Gasteiger charge is 2.25. The first kappa shape index (κ1) is 11.4. The number of nitrogens with zero attached hydrogens (tertiary/aromatic N) is 1. The van der Waals surface area contributed by atoms with E-state index in [0.717, 1.165) is 24.9 Å². The Balaban J connectivity index is 2.31. The van der Waals surface area contributed by atoms with Gasteiger partial charge in [-0.05, 0) is 31.4 Å². The first-order valence-corrected chi connectivity index (χ1v) is 5.89. The number of carbonyl (C=O) groups is 1. The van der Waals surface area contributed by atoms with E-state index in [0.29, 0.717) is 11.6 Å². The maximum Gasteiger partial charge on any atom is 0.243 e. The summed E-state index contributed by atoms with van der Waals surface area (Å²) < 4.78 is 0. The summed E-state index contributed by atoms with van der Waals surface area (Å²) in [6, 6.07) is 7.00. The summed E-state index contributed by atoms with van der Waals surface area (Å²) in [5, 5.41) is 0.602. The molecule has 0 spiro atoms. The summed E-state index contributed by atoms with van der Waals surface area (Å²) in [5.41, 5.74) is 6.59. The van der Waals surface area contributed by atoms with Gasteiger partial charge in [0.2, 0.25) is 5.91 Å². The van der Waals surface area contributed by atoms with Crippen LogP contribution in [0.1, 0.15) is 19.3 Å². The second-order valence-electron chi connectivity index (χ2n) is 4.04. The normalized spacial score (nSPS) is 22.0. The minimum absolute atomic E-state index is 0.0226. The number of amides is 1. The van der Waals surface area contributed by atoms with E-state index in [2.05, 4.69) is 0 Å². The number of anilines is 1. The zero-order chi connectivity index (χ0) is 11.5. The van der Waals surface area contributed by atoms with Gasteiger partial charge in [-0.3, -0.25) is 4.79 Å². The molecule has 0 aliphatic carbocycles.